The lowest BCUT2D eigenvalue weighted by Gasteiger charge is -2.57. The first kappa shape index (κ1) is 18.7. The summed E-state index contributed by atoms with van der Waals surface area (Å²) in [6.45, 7) is 3.73. The highest BCUT2D eigenvalue weighted by atomic mass is 16.3. The van der Waals surface area contributed by atoms with Crippen molar-refractivity contribution >= 4 is 17.4 Å². The Kier molecular flexibility index (Phi) is 4.42. The third-order valence-electron chi connectivity index (χ3n) is 7.76. The van der Waals surface area contributed by atoms with Gasteiger partial charge in [-0.1, -0.05) is 36.4 Å². The number of hydrogen-bond donors (Lipinski definition) is 1. The first-order valence-electron chi connectivity index (χ1n) is 11.0. The van der Waals surface area contributed by atoms with Crippen LogP contribution in [0.15, 0.2) is 42.5 Å². The fourth-order valence-electron chi connectivity index (χ4n) is 6.79. The van der Waals surface area contributed by atoms with Gasteiger partial charge in [0.25, 0.3) is 0 Å². The van der Waals surface area contributed by atoms with Crippen molar-refractivity contribution in [2.45, 2.75) is 57.8 Å². The Morgan fingerprint density at radius 3 is 2.00 bits per heavy atom. The van der Waals surface area contributed by atoms with Crippen LogP contribution in [0.4, 0.5) is 0 Å². The summed E-state index contributed by atoms with van der Waals surface area (Å²) >= 11 is 0. The van der Waals surface area contributed by atoms with Gasteiger partial charge in [0.1, 0.15) is 5.75 Å². The number of rotatable bonds is 4. The first-order valence-corrected chi connectivity index (χ1v) is 11.0. The van der Waals surface area contributed by atoms with Gasteiger partial charge in [-0.15, -0.1) is 0 Å². The predicted molar refractivity (Wildman–Crippen MR) is 118 cm³/mol. The molecule has 6 rings (SSSR count). The summed E-state index contributed by atoms with van der Waals surface area (Å²) in [6.07, 6.45) is 10.2. The van der Waals surface area contributed by atoms with E-state index < -0.39 is 0 Å². The number of ketones is 1. The number of allylic oxidation sites excluding steroid dienone is 1. The normalized spacial score (nSPS) is 30.6. The van der Waals surface area contributed by atoms with Crippen LogP contribution in [-0.4, -0.2) is 10.9 Å². The predicted octanol–water partition coefficient (Wildman–Crippen LogP) is 6.62. The largest absolute Gasteiger partial charge is 0.508 e. The molecule has 0 radical (unpaired) electrons. The monoisotopic (exact) mass is 386 g/mol. The third kappa shape index (κ3) is 3.33. The molecule has 1 N–H and O–H groups in total. The molecule has 0 heterocycles. The SMILES string of the molecule is CC(=O)c1ccc(/C=C(\C)c2ccc(O)c(C34CC5CC(CC(C5)C3)C4)c2)cc1. The quantitative estimate of drug-likeness (QED) is 0.473. The summed E-state index contributed by atoms with van der Waals surface area (Å²) in [4.78, 5) is 11.5. The zero-order valence-electron chi connectivity index (χ0n) is 17.4. The van der Waals surface area contributed by atoms with Crippen molar-refractivity contribution in [2.75, 3.05) is 0 Å². The molecular weight excluding hydrogens is 356 g/mol. The average Bonchev–Trinajstić information content (AvgIpc) is 2.67. The van der Waals surface area contributed by atoms with Crippen molar-refractivity contribution < 1.29 is 9.90 Å². The lowest BCUT2D eigenvalue weighted by molar-refractivity contribution is -0.00614. The van der Waals surface area contributed by atoms with Gasteiger partial charge in [-0.3, -0.25) is 4.79 Å². The summed E-state index contributed by atoms with van der Waals surface area (Å²) in [5, 5.41) is 10.8. The topological polar surface area (TPSA) is 37.3 Å². The molecular formula is C27H30O2. The molecule has 0 atom stereocenters. The van der Waals surface area contributed by atoms with Crippen LogP contribution in [0, 0.1) is 17.8 Å². The maximum atomic E-state index is 11.5. The van der Waals surface area contributed by atoms with Crippen molar-refractivity contribution in [1.82, 2.24) is 0 Å². The number of hydrogen-bond acceptors (Lipinski definition) is 2. The molecule has 4 aliphatic carbocycles. The van der Waals surface area contributed by atoms with Crippen molar-refractivity contribution in [3.8, 4) is 5.75 Å². The molecule has 150 valence electrons. The molecule has 4 fully saturated rings. The van der Waals surface area contributed by atoms with Crippen molar-refractivity contribution in [3.63, 3.8) is 0 Å². The molecule has 0 amide bonds. The molecule has 0 unspecified atom stereocenters. The third-order valence-corrected chi connectivity index (χ3v) is 7.76. The maximum absolute atomic E-state index is 11.5. The van der Waals surface area contributed by atoms with E-state index in [0.717, 1.165) is 28.9 Å². The van der Waals surface area contributed by atoms with Crippen LogP contribution in [0.5, 0.6) is 5.75 Å². The van der Waals surface area contributed by atoms with Gasteiger partial charge < -0.3 is 5.11 Å². The zero-order valence-corrected chi connectivity index (χ0v) is 17.4. The molecule has 4 saturated carbocycles. The molecule has 2 nitrogen and oxygen atoms in total. The summed E-state index contributed by atoms with van der Waals surface area (Å²) in [5.74, 6) is 3.16. The van der Waals surface area contributed by atoms with Gasteiger partial charge in [-0.2, -0.15) is 0 Å². The van der Waals surface area contributed by atoms with Crippen molar-refractivity contribution in [1.29, 1.82) is 0 Å². The molecule has 0 aromatic heterocycles. The number of phenols is 1. The first-order chi connectivity index (χ1) is 13.9. The van der Waals surface area contributed by atoms with Gasteiger partial charge in [0, 0.05) is 11.1 Å². The Hall–Kier alpha value is -2.35. The van der Waals surface area contributed by atoms with Crippen LogP contribution in [0.25, 0.3) is 11.6 Å². The lowest BCUT2D eigenvalue weighted by Crippen LogP contribution is -2.48. The maximum Gasteiger partial charge on any atom is 0.159 e. The van der Waals surface area contributed by atoms with Crippen molar-refractivity contribution in [2.24, 2.45) is 17.8 Å². The number of Topliss-reactive ketones (excluding diaryl/α,β-unsaturated/α-hetero) is 1. The van der Waals surface area contributed by atoms with E-state index in [2.05, 4.69) is 19.1 Å². The molecule has 0 aliphatic heterocycles. The van der Waals surface area contributed by atoms with E-state index in [1.807, 2.05) is 36.4 Å². The Morgan fingerprint density at radius 1 is 0.897 bits per heavy atom. The summed E-state index contributed by atoms with van der Waals surface area (Å²) in [7, 11) is 0. The minimum atomic E-state index is 0.0935. The highest BCUT2D eigenvalue weighted by molar-refractivity contribution is 5.94. The minimum Gasteiger partial charge on any atom is -0.508 e. The average molecular weight is 387 g/mol. The number of carbonyl (C=O) groups is 1. The van der Waals surface area contributed by atoms with Crippen LogP contribution >= 0.6 is 0 Å². The van der Waals surface area contributed by atoms with Crippen LogP contribution in [0.3, 0.4) is 0 Å². The zero-order chi connectivity index (χ0) is 20.2. The van der Waals surface area contributed by atoms with Gasteiger partial charge in [-0.05, 0) is 104 Å². The van der Waals surface area contributed by atoms with Crippen LogP contribution in [-0.2, 0) is 5.41 Å². The van der Waals surface area contributed by atoms with Crippen molar-refractivity contribution in [3.05, 3.63) is 64.7 Å². The van der Waals surface area contributed by atoms with E-state index in [9.17, 15) is 9.90 Å². The van der Waals surface area contributed by atoms with Gasteiger partial charge in [0.05, 0.1) is 0 Å². The molecule has 2 heteroatoms. The molecule has 0 saturated heterocycles. The van der Waals surface area contributed by atoms with Crippen LogP contribution < -0.4 is 0 Å². The Morgan fingerprint density at radius 2 is 1.45 bits per heavy atom. The summed E-state index contributed by atoms with van der Waals surface area (Å²) in [5.41, 5.74) is 5.59. The van der Waals surface area contributed by atoms with E-state index in [1.165, 1.54) is 55.2 Å². The molecule has 2 aromatic rings. The second-order valence-corrected chi connectivity index (χ2v) is 9.94. The Balaban J connectivity index is 1.47. The molecule has 0 spiro atoms. The van der Waals surface area contributed by atoms with Gasteiger partial charge in [0.15, 0.2) is 5.78 Å². The smallest absolute Gasteiger partial charge is 0.159 e. The fraction of sp³-hybridized carbons (Fsp3) is 0.444. The highest BCUT2D eigenvalue weighted by Gasteiger charge is 2.52. The Labute approximate surface area is 173 Å². The van der Waals surface area contributed by atoms with E-state index in [4.69, 9.17) is 0 Å². The molecule has 4 aliphatic rings. The van der Waals surface area contributed by atoms with Crippen LogP contribution in [0.2, 0.25) is 0 Å². The number of aromatic hydroxyl groups is 1. The number of benzene rings is 2. The van der Waals surface area contributed by atoms with E-state index in [0.29, 0.717) is 5.75 Å². The second-order valence-electron chi connectivity index (χ2n) is 9.94. The lowest BCUT2D eigenvalue weighted by atomic mass is 9.48. The summed E-state index contributed by atoms with van der Waals surface area (Å²) in [6, 6.07) is 14.0. The van der Waals surface area contributed by atoms with E-state index >= 15 is 0 Å². The highest BCUT2D eigenvalue weighted by Crippen LogP contribution is 2.61. The standard InChI is InChI=1S/C27H30O2/c1-17(9-19-3-5-23(6-4-19)18(2)28)24-7-8-26(29)25(13-24)27-14-20-10-21(15-27)12-22(11-20)16-27/h3-9,13,20-22,29H,10-12,14-16H2,1-2H3/b17-9+. The number of carbonyl (C=O) groups excluding carboxylic acids is 1. The van der Waals surface area contributed by atoms with E-state index in [-0.39, 0.29) is 11.2 Å². The van der Waals surface area contributed by atoms with E-state index in [1.54, 1.807) is 6.92 Å². The Bertz CT molecular complexity index is 945. The summed E-state index contributed by atoms with van der Waals surface area (Å²) < 4.78 is 0. The second kappa shape index (κ2) is 6.86. The van der Waals surface area contributed by atoms with Gasteiger partial charge in [0.2, 0.25) is 0 Å². The van der Waals surface area contributed by atoms with Gasteiger partial charge in [-0.25, -0.2) is 0 Å². The van der Waals surface area contributed by atoms with Gasteiger partial charge >= 0.3 is 0 Å². The molecule has 2 aromatic carbocycles. The molecule has 4 bridgehead atoms. The fourth-order valence-corrected chi connectivity index (χ4v) is 6.79. The minimum absolute atomic E-state index is 0.0935. The molecule has 29 heavy (non-hydrogen) atoms. The van der Waals surface area contributed by atoms with Crippen LogP contribution in [0.1, 0.15) is 79.4 Å². The number of phenolic OH excluding ortho intramolecular Hbond substituents is 1.